The highest BCUT2D eigenvalue weighted by atomic mass is 16.5. The second kappa shape index (κ2) is 6.49. The molecule has 4 aliphatic rings. The summed E-state index contributed by atoms with van der Waals surface area (Å²) in [6.45, 7) is 5.37. The van der Waals surface area contributed by atoms with Crippen LogP contribution >= 0.6 is 0 Å². The number of hydrogen-bond donors (Lipinski definition) is 2. The molecule has 4 aliphatic carbocycles. The monoisotopic (exact) mass is 359 g/mol. The Balaban J connectivity index is 1.68. The molecular formula is C22H33NO3. The first kappa shape index (κ1) is 18.2. The maximum Gasteiger partial charge on any atom is 0.156 e. The highest BCUT2D eigenvalue weighted by Gasteiger charge is 2.60. The van der Waals surface area contributed by atoms with Gasteiger partial charge in [0.05, 0.1) is 18.5 Å². The number of ether oxygens (including phenoxy) is 1. The molecule has 0 aromatic rings. The molecule has 3 fully saturated rings. The maximum atomic E-state index is 12.1. The predicted molar refractivity (Wildman–Crippen MR) is 101 cm³/mol. The molecule has 0 bridgehead atoms. The minimum absolute atomic E-state index is 0.0170. The fourth-order valence-electron chi connectivity index (χ4n) is 6.65. The van der Waals surface area contributed by atoms with Gasteiger partial charge in [0, 0.05) is 13.0 Å². The number of nitrogens with two attached hydrogens (primary N) is 1. The normalized spacial score (nSPS) is 46.4. The van der Waals surface area contributed by atoms with Gasteiger partial charge >= 0.3 is 0 Å². The van der Waals surface area contributed by atoms with E-state index in [9.17, 15) is 9.90 Å². The highest BCUT2D eigenvalue weighted by molar-refractivity contribution is 5.92. The molecule has 0 aromatic heterocycles. The van der Waals surface area contributed by atoms with E-state index in [2.05, 4.69) is 6.92 Å². The Bertz CT molecular complexity index is 650. The van der Waals surface area contributed by atoms with Crippen molar-refractivity contribution in [3.63, 3.8) is 0 Å². The fourth-order valence-corrected chi connectivity index (χ4v) is 6.65. The van der Waals surface area contributed by atoms with Crippen molar-refractivity contribution in [3.05, 3.63) is 23.5 Å². The molecule has 0 aliphatic heterocycles. The zero-order valence-electron chi connectivity index (χ0n) is 16.2. The van der Waals surface area contributed by atoms with E-state index in [-0.39, 0.29) is 11.2 Å². The SMILES string of the molecule is C[C@]1(O)CC[C@H]2[C@@H]3CC(=COCCN)C4=CC(=O)CC[C@@H]4[C@H]3CC[C@@]21C. The molecule has 0 amide bonds. The first-order chi connectivity index (χ1) is 12.4. The molecule has 3 saturated carbocycles. The smallest absolute Gasteiger partial charge is 0.156 e. The molecule has 144 valence electrons. The van der Waals surface area contributed by atoms with E-state index in [1.807, 2.05) is 19.3 Å². The molecule has 3 N–H and O–H groups in total. The third kappa shape index (κ3) is 2.68. The van der Waals surface area contributed by atoms with E-state index in [1.165, 1.54) is 17.6 Å². The Kier molecular flexibility index (Phi) is 4.55. The van der Waals surface area contributed by atoms with Crippen LogP contribution in [0.3, 0.4) is 0 Å². The molecule has 4 heteroatoms. The molecule has 26 heavy (non-hydrogen) atoms. The predicted octanol–water partition coefficient (Wildman–Crippen LogP) is 3.35. The van der Waals surface area contributed by atoms with Gasteiger partial charge < -0.3 is 15.6 Å². The lowest BCUT2D eigenvalue weighted by molar-refractivity contribution is -0.117. The van der Waals surface area contributed by atoms with Crippen molar-refractivity contribution in [1.29, 1.82) is 0 Å². The Hall–Kier alpha value is -1.13. The lowest BCUT2D eigenvalue weighted by atomic mass is 9.50. The second-order valence-electron chi connectivity index (χ2n) is 9.42. The van der Waals surface area contributed by atoms with Gasteiger partial charge in [-0.05, 0) is 91.8 Å². The summed E-state index contributed by atoms with van der Waals surface area (Å²) < 4.78 is 5.68. The summed E-state index contributed by atoms with van der Waals surface area (Å²) in [4.78, 5) is 12.1. The van der Waals surface area contributed by atoms with Crippen molar-refractivity contribution < 1.29 is 14.6 Å². The molecular weight excluding hydrogens is 326 g/mol. The van der Waals surface area contributed by atoms with Gasteiger partial charge in [0.1, 0.15) is 0 Å². The minimum atomic E-state index is -0.554. The fraction of sp³-hybridized carbons (Fsp3) is 0.773. The summed E-state index contributed by atoms with van der Waals surface area (Å²) in [5, 5.41) is 11.0. The van der Waals surface area contributed by atoms with E-state index in [0.717, 1.165) is 32.1 Å². The molecule has 0 heterocycles. The second-order valence-corrected chi connectivity index (χ2v) is 9.42. The molecule has 0 saturated heterocycles. The van der Waals surface area contributed by atoms with E-state index < -0.39 is 5.60 Å². The van der Waals surface area contributed by atoms with Crippen LogP contribution in [-0.4, -0.2) is 29.6 Å². The molecule has 4 nitrogen and oxygen atoms in total. The van der Waals surface area contributed by atoms with Crippen LogP contribution in [0.4, 0.5) is 0 Å². The summed E-state index contributed by atoms with van der Waals surface area (Å²) in [7, 11) is 0. The number of allylic oxidation sites excluding steroid dienone is 2. The van der Waals surface area contributed by atoms with Crippen LogP contribution in [0.15, 0.2) is 23.5 Å². The summed E-state index contributed by atoms with van der Waals surface area (Å²) in [6, 6.07) is 0. The van der Waals surface area contributed by atoms with E-state index >= 15 is 0 Å². The lowest BCUT2D eigenvalue weighted by Crippen LogP contribution is -2.51. The Morgan fingerprint density at radius 2 is 2.08 bits per heavy atom. The quantitative estimate of drug-likeness (QED) is 0.599. The Labute approximate surface area is 156 Å². The number of fused-ring (bicyclic) bond motifs is 5. The third-order valence-electron chi connectivity index (χ3n) is 8.28. The van der Waals surface area contributed by atoms with Crippen LogP contribution in [0.5, 0.6) is 0 Å². The molecule has 0 spiro atoms. The standard InChI is InChI=1S/C22H33NO3/c1-21-7-5-17-16-4-3-15(24)12-18(16)14(13-26-10-9-23)11-19(17)20(21)6-8-22(21,2)25/h12-13,16-17,19-20,25H,3-11,23H2,1-2H3/t16-,17-,19-,20+,21+,22+/m1/s1. The van der Waals surface area contributed by atoms with Crippen molar-refractivity contribution in [2.45, 2.75) is 64.4 Å². The number of aliphatic hydroxyl groups is 1. The first-order valence-electron chi connectivity index (χ1n) is 10.4. The van der Waals surface area contributed by atoms with Gasteiger partial charge in [0.2, 0.25) is 0 Å². The number of ketones is 1. The van der Waals surface area contributed by atoms with Crippen LogP contribution in [-0.2, 0) is 9.53 Å². The van der Waals surface area contributed by atoms with Gasteiger partial charge in [0.25, 0.3) is 0 Å². The van der Waals surface area contributed by atoms with Gasteiger partial charge in [-0.1, -0.05) is 6.92 Å². The molecule has 0 unspecified atom stereocenters. The molecule has 6 atom stereocenters. The topological polar surface area (TPSA) is 72.6 Å². The van der Waals surface area contributed by atoms with Crippen molar-refractivity contribution in [2.75, 3.05) is 13.2 Å². The molecule has 4 rings (SSSR count). The van der Waals surface area contributed by atoms with Crippen molar-refractivity contribution >= 4 is 5.78 Å². The average Bonchev–Trinajstić information content (AvgIpc) is 2.85. The lowest BCUT2D eigenvalue weighted by Gasteiger charge is -2.55. The van der Waals surface area contributed by atoms with Crippen LogP contribution in [0.1, 0.15) is 58.8 Å². The van der Waals surface area contributed by atoms with Gasteiger partial charge in [-0.2, -0.15) is 0 Å². The van der Waals surface area contributed by atoms with Crippen LogP contribution in [0.2, 0.25) is 0 Å². The molecule has 0 radical (unpaired) electrons. The van der Waals surface area contributed by atoms with Crippen LogP contribution in [0, 0.1) is 29.1 Å². The van der Waals surface area contributed by atoms with Crippen molar-refractivity contribution in [2.24, 2.45) is 34.8 Å². The highest BCUT2D eigenvalue weighted by Crippen LogP contribution is 2.65. The first-order valence-corrected chi connectivity index (χ1v) is 10.4. The van der Waals surface area contributed by atoms with Gasteiger partial charge in [-0.3, -0.25) is 4.79 Å². The van der Waals surface area contributed by atoms with Gasteiger partial charge in [-0.25, -0.2) is 0 Å². The zero-order valence-corrected chi connectivity index (χ0v) is 16.2. The molecule has 0 aromatic carbocycles. The summed E-state index contributed by atoms with van der Waals surface area (Å²) in [6.07, 6.45) is 10.7. The summed E-state index contributed by atoms with van der Waals surface area (Å²) in [5.41, 5.74) is 7.47. The van der Waals surface area contributed by atoms with Crippen LogP contribution in [0.25, 0.3) is 0 Å². The minimum Gasteiger partial charge on any atom is -0.500 e. The van der Waals surface area contributed by atoms with Gasteiger partial charge in [0.15, 0.2) is 5.78 Å². The number of hydrogen-bond acceptors (Lipinski definition) is 4. The van der Waals surface area contributed by atoms with E-state index in [1.54, 1.807) is 0 Å². The number of carbonyl (C=O) groups is 1. The van der Waals surface area contributed by atoms with Crippen molar-refractivity contribution in [3.8, 4) is 0 Å². The average molecular weight is 360 g/mol. The Morgan fingerprint density at radius 3 is 2.85 bits per heavy atom. The Morgan fingerprint density at radius 1 is 1.27 bits per heavy atom. The van der Waals surface area contributed by atoms with Gasteiger partial charge in [-0.15, -0.1) is 0 Å². The summed E-state index contributed by atoms with van der Waals surface area (Å²) in [5.74, 6) is 2.53. The summed E-state index contributed by atoms with van der Waals surface area (Å²) >= 11 is 0. The van der Waals surface area contributed by atoms with Crippen molar-refractivity contribution in [1.82, 2.24) is 0 Å². The third-order valence-corrected chi connectivity index (χ3v) is 8.28. The maximum absolute atomic E-state index is 12.1. The number of rotatable bonds is 3. The van der Waals surface area contributed by atoms with E-state index in [4.69, 9.17) is 10.5 Å². The van der Waals surface area contributed by atoms with Crippen LogP contribution < -0.4 is 5.73 Å². The van der Waals surface area contributed by atoms with E-state index in [0.29, 0.717) is 43.2 Å². The zero-order chi connectivity index (χ0) is 18.5. The largest absolute Gasteiger partial charge is 0.500 e. The number of carbonyl (C=O) groups excluding carboxylic acids is 1.